The summed E-state index contributed by atoms with van der Waals surface area (Å²) in [5, 5.41) is 3.92. The first-order valence-electron chi connectivity index (χ1n) is 6.57. The van der Waals surface area contributed by atoms with E-state index in [0.29, 0.717) is 5.33 Å². The molecular formula is C13H19BrN2OS. The fraction of sp³-hybridized carbons (Fsp3) is 0.692. The number of hydrogen-bond donors (Lipinski definition) is 1. The van der Waals surface area contributed by atoms with Gasteiger partial charge in [0.1, 0.15) is 0 Å². The summed E-state index contributed by atoms with van der Waals surface area (Å²) >= 11 is 4.80. The van der Waals surface area contributed by atoms with Crippen molar-refractivity contribution in [1.29, 1.82) is 0 Å². The van der Waals surface area contributed by atoms with E-state index in [0.717, 1.165) is 23.9 Å². The molecule has 3 nitrogen and oxygen atoms in total. The number of hydrogen-bond acceptors (Lipinski definition) is 3. The van der Waals surface area contributed by atoms with Crippen molar-refractivity contribution in [3.05, 3.63) is 10.6 Å². The highest BCUT2D eigenvalue weighted by molar-refractivity contribution is 9.09. The van der Waals surface area contributed by atoms with Gasteiger partial charge in [0.15, 0.2) is 5.13 Å². The standard InChI is InChI=1S/C13H19BrN2OS/c1-2-3-4-9-5-6-10-11(7-9)18-13(15-10)16-12(17)8-14/h9H,2-8H2,1H3,(H,15,16,17). The van der Waals surface area contributed by atoms with E-state index in [1.807, 2.05) is 0 Å². The van der Waals surface area contributed by atoms with Gasteiger partial charge in [-0.05, 0) is 25.2 Å². The van der Waals surface area contributed by atoms with Gasteiger partial charge < -0.3 is 5.32 Å². The third kappa shape index (κ3) is 3.54. The second kappa shape index (κ2) is 6.66. The molecule has 1 aliphatic carbocycles. The number of aryl methyl sites for hydroxylation is 1. The Labute approximate surface area is 121 Å². The lowest BCUT2D eigenvalue weighted by Crippen LogP contribution is -2.13. The Hall–Kier alpha value is -0.420. The molecular weight excluding hydrogens is 312 g/mol. The summed E-state index contributed by atoms with van der Waals surface area (Å²) in [7, 11) is 0. The lowest BCUT2D eigenvalue weighted by atomic mass is 9.87. The van der Waals surface area contributed by atoms with E-state index < -0.39 is 0 Å². The number of carbonyl (C=O) groups excluding carboxylic acids is 1. The van der Waals surface area contributed by atoms with Crippen LogP contribution in [0.3, 0.4) is 0 Å². The van der Waals surface area contributed by atoms with Crippen molar-refractivity contribution in [2.24, 2.45) is 5.92 Å². The molecule has 1 N–H and O–H groups in total. The number of amides is 1. The molecule has 18 heavy (non-hydrogen) atoms. The van der Waals surface area contributed by atoms with E-state index in [1.54, 1.807) is 11.3 Å². The third-order valence-corrected chi connectivity index (χ3v) is 4.92. The first-order valence-corrected chi connectivity index (χ1v) is 8.51. The number of carbonyl (C=O) groups is 1. The molecule has 1 atom stereocenters. The number of anilines is 1. The van der Waals surface area contributed by atoms with E-state index >= 15 is 0 Å². The van der Waals surface area contributed by atoms with Crippen LogP contribution in [0.25, 0.3) is 0 Å². The molecule has 0 spiro atoms. The Morgan fingerprint density at radius 1 is 1.61 bits per heavy atom. The summed E-state index contributed by atoms with van der Waals surface area (Å²) in [4.78, 5) is 17.2. The number of thiazole rings is 1. The van der Waals surface area contributed by atoms with Crippen molar-refractivity contribution in [2.45, 2.75) is 45.4 Å². The van der Waals surface area contributed by atoms with Crippen molar-refractivity contribution in [1.82, 2.24) is 4.98 Å². The second-order valence-corrected chi connectivity index (χ2v) is 6.47. The van der Waals surface area contributed by atoms with Crippen LogP contribution in [0, 0.1) is 5.92 Å². The number of nitrogens with zero attached hydrogens (tertiary/aromatic N) is 1. The van der Waals surface area contributed by atoms with Crippen LogP contribution < -0.4 is 5.32 Å². The van der Waals surface area contributed by atoms with Crippen molar-refractivity contribution < 1.29 is 4.79 Å². The molecule has 0 saturated heterocycles. The highest BCUT2D eigenvalue weighted by atomic mass is 79.9. The molecule has 0 bridgehead atoms. The molecule has 100 valence electrons. The zero-order chi connectivity index (χ0) is 13.0. The Balaban J connectivity index is 1.97. The molecule has 2 rings (SSSR count). The molecule has 0 aliphatic heterocycles. The summed E-state index contributed by atoms with van der Waals surface area (Å²) in [6, 6.07) is 0. The molecule has 5 heteroatoms. The Bertz CT molecular complexity index is 419. The van der Waals surface area contributed by atoms with Crippen molar-refractivity contribution in [3.8, 4) is 0 Å². The van der Waals surface area contributed by atoms with Gasteiger partial charge in [0.25, 0.3) is 0 Å². The summed E-state index contributed by atoms with van der Waals surface area (Å²) < 4.78 is 0. The van der Waals surface area contributed by atoms with Crippen LogP contribution >= 0.6 is 27.3 Å². The molecule has 1 aliphatic rings. The lowest BCUT2D eigenvalue weighted by molar-refractivity contribution is -0.113. The molecule has 0 fully saturated rings. The molecule has 0 aromatic carbocycles. The summed E-state index contributed by atoms with van der Waals surface area (Å²) in [5.41, 5.74) is 1.21. The number of aromatic nitrogens is 1. The first-order chi connectivity index (χ1) is 8.72. The van der Waals surface area contributed by atoms with Gasteiger partial charge in [0, 0.05) is 4.88 Å². The molecule has 1 heterocycles. The summed E-state index contributed by atoms with van der Waals surface area (Å²) in [6.07, 6.45) is 7.41. The van der Waals surface area contributed by atoms with Gasteiger partial charge in [-0.3, -0.25) is 4.79 Å². The van der Waals surface area contributed by atoms with Crippen LogP contribution in [0.5, 0.6) is 0 Å². The molecule has 1 unspecified atom stereocenters. The highest BCUT2D eigenvalue weighted by Crippen LogP contribution is 2.34. The number of nitrogens with one attached hydrogen (secondary N) is 1. The maximum absolute atomic E-state index is 11.3. The fourth-order valence-electron chi connectivity index (χ4n) is 2.39. The highest BCUT2D eigenvalue weighted by Gasteiger charge is 2.22. The van der Waals surface area contributed by atoms with Gasteiger partial charge >= 0.3 is 0 Å². The predicted molar refractivity (Wildman–Crippen MR) is 79.6 cm³/mol. The van der Waals surface area contributed by atoms with Crippen molar-refractivity contribution in [3.63, 3.8) is 0 Å². The van der Waals surface area contributed by atoms with Crippen LogP contribution in [0.1, 0.15) is 43.2 Å². The lowest BCUT2D eigenvalue weighted by Gasteiger charge is -2.20. The van der Waals surface area contributed by atoms with Crippen LogP contribution in [-0.2, 0) is 17.6 Å². The first kappa shape index (κ1) is 14.0. The Kier molecular flexibility index (Phi) is 5.18. The maximum atomic E-state index is 11.3. The predicted octanol–water partition coefficient (Wildman–Crippen LogP) is 3.77. The summed E-state index contributed by atoms with van der Waals surface area (Å²) in [6.45, 7) is 2.24. The number of halogens is 1. The van der Waals surface area contributed by atoms with Crippen LogP contribution in [0.15, 0.2) is 0 Å². The number of alkyl halides is 1. The van der Waals surface area contributed by atoms with E-state index in [2.05, 4.69) is 33.2 Å². The van der Waals surface area contributed by atoms with E-state index in [-0.39, 0.29) is 5.91 Å². The van der Waals surface area contributed by atoms with Crippen LogP contribution in [0.4, 0.5) is 5.13 Å². The molecule has 1 aromatic heterocycles. The average Bonchev–Trinajstić information content (AvgIpc) is 2.77. The quantitative estimate of drug-likeness (QED) is 0.835. The zero-order valence-electron chi connectivity index (χ0n) is 10.7. The monoisotopic (exact) mass is 330 g/mol. The van der Waals surface area contributed by atoms with Gasteiger partial charge in [0.2, 0.25) is 5.91 Å². The van der Waals surface area contributed by atoms with Crippen LogP contribution in [0.2, 0.25) is 0 Å². The topological polar surface area (TPSA) is 42.0 Å². The largest absolute Gasteiger partial charge is 0.301 e. The van der Waals surface area contributed by atoms with Gasteiger partial charge in [-0.1, -0.05) is 42.1 Å². The van der Waals surface area contributed by atoms with Gasteiger partial charge in [-0.2, -0.15) is 0 Å². The van der Waals surface area contributed by atoms with Crippen molar-refractivity contribution in [2.75, 3.05) is 10.6 Å². The van der Waals surface area contributed by atoms with E-state index in [1.165, 1.54) is 36.3 Å². The van der Waals surface area contributed by atoms with E-state index in [9.17, 15) is 4.79 Å². The molecule has 1 amide bonds. The number of rotatable bonds is 5. The van der Waals surface area contributed by atoms with Gasteiger partial charge in [-0.15, -0.1) is 11.3 Å². The summed E-state index contributed by atoms with van der Waals surface area (Å²) in [5.74, 6) is 0.793. The SMILES string of the molecule is CCCCC1CCc2nc(NC(=O)CBr)sc2C1. The second-order valence-electron chi connectivity index (χ2n) is 4.82. The molecule has 0 saturated carbocycles. The fourth-order valence-corrected chi connectivity index (χ4v) is 3.67. The molecule has 0 radical (unpaired) electrons. The van der Waals surface area contributed by atoms with Gasteiger partial charge in [0.05, 0.1) is 11.0 Å². The zero-order valence-corrected chi connectivity index (χ0v) is 13.1. The Morgan fingerprint density at radius 2 is 2.44 bits per heavy atom. The normalized spacial score (nSPS) is 18.4. The number of fused-ring (bicyclic) bond motifs is 1. The minimum atomic E-state index is -0.0244. The smallest absolute Gasteiger partial charge is 0.236 e. The Morgan fingerprint density at radius 3 is 3.17 bits per heavy atom. The van der Waals surface area contributed by atoms with E-state index in [4.69, 9.17) is 0 Å². The third-order valence-electron chi connectivity index (χ3n) is 3.38. The molecule has 1 aromatic rings. The van der Waals surface area contributed by atoms with Gasteiger partial charge in [-0.25, -0.2) is 4.98 Å². The van der Waals surface area contributed by atoms with Crippen LogP contribution in [-0.4, -0.2) is 16.2 Å². The minimum absolute atomic E-state index is 0.0244. The number of unbranched alkanes of at least 4 members (excludes halogenated alkanes) is 1. The van der Waals surface area contributed by atoms with Crippen molar-refractivity contribution >= 4 is 38.3 Å². The maximum Gasteiger partial charge on any atom is 0.236 e. The average molecular weight is 331 g/mol. The minimum Gasteiger partial charge on any atom is -0.301 e.